The summed E-state index contributed by atoms with van der Waals surface area (Å²) in [7, 11) is -6.14. The lowest BCUT2D eigenvalue weighted by atomic mass is 9.98. The fourth-order valence-electron chi connectivity index (χ4n) is 3.90. The van der Waals surface area contributed by atoms with Crippen molar-refractivity contribution in [1.29, 1.82) is 0 Å². The predicted octanol–water partition coefficient (Wildman–Crippen LogP) is 3.87. The van der Waals surface area contributed by atoms with Crippen molar-refractivity contribution in [2.24, 2.45) is 5.92 Å². The number of rotatable bonds is 9. The van der Waals surface area contributed by atoms with Crippen molar-refractivity contribution in [2.75, 3.05) is 25.5 Å². The second kappa shape index (κ2) is 11.7. The van der Waals surface area contributed by atoms with Crippen LogP contribution in [0.4, 0.5) is 5.69 Å². The van der Waals surface area contributed by atoms with Crippen LogP contribution in [0.1, 0.15) is 32.3 Å². The number of nitrogens with one attached hydrogen (secondary N) is 2. The number of sulfonamides is 2. The Labute approximate surface area is 222 Å². The van der Waals surface area contributed by atoms with E-state index in [0.717, 1.165) is 0 Å². The summed E-state index contributed by atoms with van der Waals surface area (Å²) < 4.78 is 60.4. The Morgan fingerprint density at radius 3 is 2.50 bits per heavy atom. The van der Waals surface area contributed by atoms with Gasteiger partial charge in [0, 0.05) is 29.2 Å². The first-order chi connectivity index (χ1) is 16.8. The minimum absolute atomic E-state index is 0.00537. The summed E-state index contributed by atoms with van der Waals surface area (Å²) in [6.07, 6.45) is 0.976. The molecule has 3 rings (SSSR count). The molecule has 9 nitrogen and oxygen atoms in total. The Hall–Kier alpha value is -1.89. The first-order valence-electron chi connectivity index (χ1n) is 11.3. The number of anilines is 1. The van der Waals surface area contributed by atoms with Crippen LogP contribution in [-0.2, 0) is 30.6 Å². The Bertz CT molecular complexity index is 1330. The molecule has 2 aromatic rings. The number of nitrogens with zero attached hydrogens (tertiary/aromatic N) is 1. The quantitative estimate of drug-likeness (QED) is 0.466. The summed E-state index contributed by atoms with van der Waals surface area (Å²) >= 11 is 12.1. The lowest BCUT2D eigenvalue weighted by Gasteiger charge is -2.31. The number of carbonyl (C=O) groups is 1. The third kappa shape index (κ3) is 7.11. The van der Waals surface area contributed by atoms with E-state index < -0.39 is 31.9 Å². The summed E-state index contributed by atoms with van der Waals surface area (Å²) in [6.45, 7) is 3.69. The Morgan fingerprint density at radius 2 is 1.86 bits per heavy atom. The summed E-state index contributed by atoms with van der Waals surface area (Å²) in [6, 6.07) is 8.47. The van der Waals surface area contributed by atoms with E-state index in [0.29, 0.717) is 23.4 Å². The maximum Gasteiger partial charge on any atom is 0.240 e. The molecule has 198 valence electrons. The van der Waals surface area contributed by atoms with Gasteiger partial charge in [-0.2, -0.15) is 0 Å². The van der Waals surface area contributed by atoms with E-state index in [1.165, 1.54) is 35.7 Å². The maximum atomic E-state index is 13.1. The van der Waals surface area contributed by atoms with Crippen molar-refractivity contribution in [3.63, 3.8) is 0 Å². The average Bonchev–Trinajstić information content (AvgIpc) is 2.80. The second-order valence-corrected chi connectivity index (χ2v) is 13.3. The zero-order chi connectivity index (χ0) is 26.7. The lowest BCUT2D eigenvalue weighted by molar-refractivity contribution is -0.120. The van der Waals surface area contributed by atoms with E-state index in [-0.39, 0.29) is 46.2 Å². The molecule has 1 saturated heterocycles. The monoisotopic (exact) mass is 577 g/mol. The van der Waals surface area contributed by atoms with Crippen molar-refractivity contribution >= 4 is 54.8 Å². The molecule has 1 amide bonds. The van der Waals surface area contributed by atoms with Crippen LogP contribution in [0.2, 0.25) is 10.0 Å². The molecule has 0 saturated carbocycles. The molecule has 2 N–H and O–H groups in total. The van der Waals surface area contributed by atoms with Crippen LogP contribution in [0, 0.1) is 5.92 Å². The van der Waals surface area contributed by atoms with Gasteiger partial charge in [-0.15, -0.1) is 0 Å². The zero-order valence-electron chi connectivity index (χ0n) is 20.1. The number of hydrogen-bond donors (Lipinski definition) is 2. The molecule has 1 fully saturated rings. The van der Waals surface area contributed by atoms with Gasteiger partial charge in [-0.1, -0.05) is 29.3 Å². The van der Waals surface area contributed by atoms with Gasteiger partial charge in [-0.25, -0.2) is 25.9 Å². The van der Waals surface area contributed by atoms with Crippen LogP contribution in [0.3, 0.4) is 0 Å². The smallest absolute Gasteiger partial charge is 0.240 e. The van der Waals surface area contributed by atoms with E-state index in [1.54, 1.807) is 26.0 Å². The maximum absolute atomic E-state index is 13.1. The van der Waals surface area contributed by atoms with Crippen LogP contribution in [-0.4, -0.2) is 53.3 Å². The van der Waals surface area contributed by atoms with Gasteiger partial charge in [-0.3, -0.25) is 4.79 Å². The third-order valence-electron chi connectivity index (χ3n) is 5.63. The van der Waals surface area contributed by atoms with E-state index in [9.17, 15) is 21.6 Å². The lowest BCUT2D eigenvalue weighted by Crippen LogP contribution is -2.44. The second-order valence-electron chi connectivity index (χ2n) is 8.82. The third-order valence-corrected chi connectivity index (χ3v) is 9.67. The molecule has 0 aromatic heterocycles. The minimum Gasteiger partial charge on any atom is -0.495 e. The van der Waals surface area contributed by atoms with E-state index in [1.807, 2.05) is 0 Å². The molecule has 2 aromatic carbocycles. The fourth-order valence-corrected chi connectivity index (χ4v) is 7.37. The van der Waals surface area contributed by atoms with E-state index in [4.69, 9.17) is 27.9 Å². The van der Waals surface area contributed by atoms with Gasteiger partial charge in [-0.05, 0) is 62.6 Å². The number of ether oxygens (including phenoxy) is 1. The highest BCUT2D eigenvalue weighted by Crippen LogP contribution is 2.30. The highest BCUT2D eigenvalue weighted by molar-refractivity contribution is 7.89. The molecule has 0 aliphatic carbocycles. The minimum atomic E-state index is -3.80. The molecule has 1 aliphatic rings. The van der Waals surface area contributed by atoms with Gasteiger partial charge in [0.15, 0.2) is 0 Å². The molecular formula is C23H29Cl2N3O6S2. The number of benzene rings is 2. The van der Waals surface area contributed by atoms with Gasteiger partial charge < -0.3 is 10.1 Å². The van der Waals surface area contributed by atoms with Crippen molar-refractivity contribution in [3.05, 3.63) is 52.0 Å². The fraction of sp³-hybridized carbons (Fsp3) is 0.435. The van der Waals surface area contributed by atoms with Crippen LogP contribution in [0.15, 0.2) is 41.3 Å². The number of amides is 1. The number of halogens is 2. The number of carbonyl (C=O) groups excluding carboxylic acids is 1. The predicted molar refractivity (Wildman–Crippen MR) is 140 cm³/mol. The Morgan fingerprint density at radius 1 is 1.14 bits per heavy atom. The van der Waals surface area contributed by atoms with Gasteiger partial charge >= 0.3 is 0 Å². The topological polar surface area (TPSA) is 122 Å². The van der Waals surface area contributed by atoms with Crippen molar-refractivity contribution in [1.82, 2.24) is 9.03 Å². The highest BCUT2D eigenvalue weighted by Gasteiger charge is 2.33. The number of hydrogen-bond acceptors (Lipinski definition) is 6. The molecule has 36 heavy (non-hydrogen) atoms. The van der Waals surface area contributed by atoms with Gasteiger partial charge in [0.05, 0.1) is 29.4 Å². The molecule has 1 atom stereocenters. The van der Waals surface area contributed by atoms with Gasteiger partial charge in [0.1, 0.15) is 5.75 Å². The molecule has 0 unspecified atom stereocenters. The number of methoxy groups -OCH3 is 1. The molecule has 1 heterocycles. The summed E-state index contributed by atoms with van der Waals surface area (Å²) in [5, 5.41) is 3.38. The molecule has 13 heteroatoms. The molecule has 1 aliphatic heterocycles. The first kappa shape index (κ1) is 28.7. The van der Waals surface area contributed by atoms with Gasteiger partial charge in [0.25, 0.3) is 0 Å². The van der Waals surface area contributed by atoms with Crippen LogP contribution >= 0.6 is 23.2 Å². The van der Waals surface area contributed by atoms with Gasteiger partial charge in [0.2, 0.25) is 26.0 Å². The van der Waals surface area contributed by atoms with Crippen LogP contribution < -0.4 is 14.8 Å². The van der Waals surface area contributed by atoms with E-state index in [2.05, 4.69) is 10.0 Å². The number of piperidine rings is 1. The Balaban J connectivity index is 1.76. The average molecular weight is 579 g/mol. The largest absolute Gasteiger partial charge is 0.495 e. The zero-order valence-corrected chi connectivity index (χ0v) is 23.3. The Kier molecular flexibility index (Phi) is 9.29. The summed E-state index contributed by atoms with van der Waals surface area (Å²) in [5.41, 5.74) is 0.604. The highest BCUT2D eigenvalue weighted by atomic mass is 35.5. The van der Waals surface area contributed by atoms with E-state index >= 15 is 0 Å². The van der Waals surface area contributed by atoms with Crippen molar-refractivity contribution in [2.45, 2.75) is 43.4 Å². The normalized spacial score (nSPS) is 17.2. The summed E-state index contributed by atoms with van der Waals surface area (Å²) in [5.74, 6) is -1.09. The van der Waals surface area contributed by atoms with Crippen molar-refractivity contribution in [3.8, 4) is 5.75 Å². The molecular weight excluding hydrogens is 549 g/mol. The van der Waals surface area contributed by atoms with Crippen LogP contribution in [0.25, 0.3) is 0 Å². The standard InChI is InChI=1S/C23H29Cl2N3O6S2/c1-15(2)27-36(32,33)19-8-9-22(34-3)21(12-19)26-23(29)16-5-4-10-28(13-16)35(30,31)14-17-6-7-18(24)11-20(17)25/h6-9,11-12,15-16,27H,4-5,10,13-14H2,1-3H3,(H,26,29)/t16-/m1/s1. The first-order valence-corrected chi connectivity index (χ1v) is 15.1. The van der Waals surface area contributed by atoms with Crippen LogP contribution in [0.5, 0.6) is 5.75 Å². The molecule has 0 spiro atoms. The molecule has 0 bridgehead atoms. The summed E-state index contributed by atoms with van der Waals surface area (Å²) in [4.78, 5) is 13.1. The van der Waals surface area contributed by atoms with Crippen molar-refractivity contribution < 1.29 is 26.4 Å². The molecule has 0 radical (unpaired) electrons. The SMILES string of the molecule is COc1ccc(S(=O)(=O)NC(C)C)cc1NC(=O)[C@@H]1CCCN(S(=O)(=O)Cc2ccc(Cl)cc2Cl)C1.